The van der Waals surface area contributed by atoms with Gasteiger partial charge in [0.15, 0.2) is 0 Å². The Hall–Kier alpha value is -3.35. The van der Waals surface area contributed by atoms with Gasteiger partial charge in [-0.3, -0.25) is 4.79 Å². The largest absolute Gasteiger partial charge is 0.465 e. The highest BCUT2D eigenvalue weighted by Gasteiger charge is 2.37. The van der Waals surface area contributed by atoms with Crippen molar-refractivity contribution in [2.24, 2.45) is 5.92 Å². The van der Waals surface area contributed by atoms with E-state index in [1.165, 1.54) is 34.1 Å². The first-order valence-corrected chi connectivity index (χ1v) is 11.7. The number of benzene rings is 2. The highest BCUT2D eigenvalue weighted by atomic mass is 19.4. The van der Waals surface area contributed by atoms with Crippen LogP contribution in [-0.4, -0.2) is 48.2 Å². The summed E-state index contributed by atoms with van der Waals surface area (Å²) >= 11 is 0. The smallest absolute Gasteiger partial charge is 0.416 e. The molecule has 1 aliphatic heterocycles. The van der Waals surface area contributed by atoms with Crippen LogP contribution in [0.1, 0.15) is 36.0 Å². The number of likely N-dealkylation sites (tertiary alicyclic amines) is 1. The lowest BCUT2D eigenvalue weighted by molar-refractivity contribution is -0.143. The van der Waals surface area contributed by atoms with E-state index in [9.17, 15) is 40.3 Å². The van der Waals surface area contributed by atoms with E-state index in [2.05, 4.69) is 0 Å². The van der Waals surface area contributed by atoms with Gasteiger partial charge >= 0.3 is 18.4 Å². The van der Waals surface area contributed by atoms with Crippen LogP contribution < -0.4 is 4.90 Å². The Balaban J connectivity index is 1.63. The first-order valence-electron chi connectivity index (χ1n) is 11.7. The molecule has 0 radical (unpaired) electrons. The van der Waals surface area contributed by atoms with Gasteiger partial charge in [-0.2, -0.15) is 26.3 Å². The summed E-state index contributed by atoms with van der Waals surface area (Å²) in [5, 5.41) is 9.10. The zero-order valence-corrected chi connectivity index (χ0v) is 20.0. The minimum absolute atomic E-state index is 0.0383. The van der Waals surface area contributed by atoms with Crippen molar-refractivity contribution in [1.82, 2.24) is 4.90 Å². The lowest BCUT2D eigenvalue weighted by Crippen LogP contribution is -2.44. The first kappa shape index (κ1) is 29.2. The molecule has 6 nitrogen and oxygen atoms in total. The number of alkyl halides is 6. The van der Waals surface area contributed by atoms with Crippen LogP contribution in [0.5, 0.6) is 0 Å². The van der Waals surface area contributed by atoms with Crippen LogP contribution in [0.4, 0.5) is 41.2 Å². The first-order chi connectivity index (χ1) is 17.8. The quantitative estimate of drug-likeness (QED) is 0.314. The molecule has 0 bridgehead atoms. The molecule has 0 aliphatic carbocycles. The van der Waals surface area contributed by atoms with Gasteiger partial charge in [-0.05, 0) is 67.3 Å². The summed E-state index contributed by atoms with van der Waals surface area (Å²) in [5.74, 6) is -1.28. The van der Waals surface area contributed by atoms with Crippen molar-refractivity contribution in [3.05, 3.63) is 65.0 Å². The number of carbonyl (C=O) groups is 2. The van der Waals surface area contributed by atoms with Crippen LogP contribution in [-0.2, 0) is 28.5 Å². The molecule has 1 heterocycles. The van der Waals surface area contributed by atoms with Gasteiger partial charge < -0.3 is 19.6 Å². The summed E-state index contributed by atoms with van der Waals surface area (Å²) in [7, 11) is 0. The van der Waals surface area contributed by atoms with E-state index in [0.29, 0.717) is 30.7 Å². The Bertz CT molecular complexity index is 1080. The summed E-state index contributed by atoms with van der Waals surface area (Å²) in [6.07, 6.45) is -10.2. The molecule has 0 spiro atoms. The van der Waals surface area contributed by atoms with Crippen LogP contribution in [0.15, 0.2) is 42.5 Å². The van der Waals surface area contributed by atoms with Crippen molar-refractivity contribution in [3.63, 3.8) is 0 Å². The van der Waals surface area contributed by atoms with Gasteiger partial charge in [0.2, 0.25) is 5.91 Å². The van der Waals surface area contributed by atoms with Crippen molar-refractivity contribution in [1.29, 1.82) is 0 Å². The molecule has 3 rings (SSSR count). The van der Waals surface area contributed by atoms with Crippen molar-refractivity contribution >= 4 is 17.7 Å². The Labute approximate surface area is 213 Å². The van der Waals surface area contributed by atoms with Gasteiger partial charge in [-0.25, -0.2) is 9.18 Å². The van der Waals surface area contributed by atoms with E-state index >= 15 is 0 Å². The second-order valence-corrected chi connectivity index (χ2v) is 8.83. The molecule has 0 saturated carbocycles. The van der Waals surface area contributed by atoms with Crippen molar-refractivity contribution in [3.8, 4) is 0 Å². The minimum atomic E-state index is -4.97. The lowest BCUT2D eigenvalue weighted by atomic mass is 9.95. The molecule has 2 aromatic carbocycles. The number of nitrogens with zero attached hydrogens (tertiary/aromatic N) is 2. The Morgan fingerprint density at radius 1 is 0.947 bits per heavy atom. The predicted molar refractivity (Wildman–Crippen MR) is 122 cm³/mol. The maximum Gasteiger partial charge on any atom is 0.416 e. The molecule has 2 amide bonds. The molecular weight excluding hydrogens is 525 g/mol. The fraction of sp³-hybridized carbons (Fsp3) is 0.440. The summed E-state index contributed by atoms with van der Waals surface area (Å²) in [6.45, 7) is -0.142. The van der Waals surface area contributed by atoms with E-state index in [1.54, 1.807) is 0 Å². The number of halogens is 7. The Kier molecular flexibility index (Phi) is 9.23. The zero-order valence-electron chi connectivity index (χ0n) is 20.0. The van der Waals surface area contributed by atoms with E-state index in [0.717, 1.165) is 0 Å². The molecule has 13 heteroatoms. The number of hydrogen-bond acceptors (Lipinski definition) is 3. The molecule has 1 fully saturated rings. The van der Waals surface area contributed by atoms with Crippen molar-refractivity contribution in [2.75, 3.05) is 31.1 Å². The molecule has 2 aromatic rings. The SMILES string of the molecule is O=C(O)N1CCC(C(=O)N(CCCOCc2cc(C(F)(F)F)cc(C(F)(F)F)c2)c2ccc(F)cc2)CC1. The number of piperidine rings is 1. The van der Waals surface area contributed by atoms with E-state index in [-0.39, 0.29) is 50.2 Å². The minimum Gasteiger partial charge on any atom is -0.465 e. The highest BCUT2D eigenvalue weighted by molar-refractivity contribution is 5.95. The number of carboxylic acid groups (broad SMARTS) is 1. The van der Waals surface area contributed by atoms with Crippen molar-refractivity contribution in [2.45, 2.75) is 38.2 Å². The number of hydrogen-bond donors (Lipinski definition) is 1. The molecule has 1 saturated heterocycles. The number of anilines is 1. The maximum absolute atomic E-state index is 13.4. The third kappa shape index (κ3) is 7.83. The van der Waals surface area contributed by atoms with Gasteiger partial charge in [0.05, 0.1) is 17.7 Å². The molecule has 0 unspecified atom stereocenters. The van der Waals surface area contributed by atoms with Crippen LogP contribution in [0.25, 0.3) is 0 Å². The lowest BCUT2D eigenvalue weighted by Gasteiger charge is -2.33. The monoisotopic (exact) mass is 550 g/mol. The second-order valence-electron chi connectivity index (χ2n) is 8.83. The second kappa shape index (κ2) is 12.0. The third-order valence-electron chi connectivity index (χ3n) is 6.11. The van der Waals surface area contributed by atoms with Gasteiger partial charge in [0.1, 0.15) is 5.82 Å². The van der Waals surface area contributed by atoms with Gasteiger partial charge in [-0.15, -0.1) is 0 Å². The molecule has 38 heavy (non-hydrogen) atoms. The van der Waals surface area contributed by atoms with E-state index in [1.807, 2.05) is 0 Å². The summed E-state index contributed by atoms with van der Waals surface area (Å²) in [5.41, 5.74) is -2.78. The average Bonchev–Trinajstić information content (AvgIpc) is 2.85. The molecule has 208 valence electrons. The maximum atomic E-state index is 13.4. The van der Waals surface area contributed by atoms with E-state index in [4.69, 9.17) is 9.84 Å². The van der Waals surface area contributed by atoms with Crippen LogP contribution >= 0.6 is 0 Å². The number of ether oxygens (including phenoxy) is 1. The summed E-state index contributed by atoms with van der Waals surface area (Å²) in [4.78, 5) is 27.0. The topological polar surface area (TPSA) is 70.1 Å². The number of carbonyl (C=O) groups excluding carboxylic acids is 1. The molecule has 0 aromatic heterocycles. The van der Waals surface area contributed by atoms with Gasteiger partial charge in [0.25, 0.3) is 0 Å². The van der Waals surface area contributed by atoms with E-state index < -0.39 is 47.9 Å². The van der Waals surface area contributed by atoms with Gasteiger partial charge in [0, 0.05) is 37.8 Å². The van der Waals surface area contributed by atoms with Crippen LogP contribution in [0, 0.1) is 11.7 Å². The normalized spacial score (nSPS) is 15.0. The van der Waals surface area contributed by atoms with Crippen LogP contribution in [0.3, 0.4) is 0 Å². The molecule has 1 aliphatic rings. The Morgan fingerprint density at radius 3 is 2.00 bits per heavy atom. The third-order valence-corrected chi connectivity index (χ3v) is 6.11. The molecule has 1 N–H and O–H groups in total. The highest BCUT2D eigenvalue weighted by Crippen LogP contribution is 2.36. The van der Waals surface area contributed by atoms with Crippen LogP contribution in [0.2, 0.25) is 0 Å². The summed E-state index contributed by atoms with van der Waals surface area (Å²) < 4.78 is 97.0. The molecular formula is C25H25F7N2O4. The van der Waals surface area contributed by atoms with Crippen molar-refractivity contribution < 1.29 is 50.2 Å². The Morgan fingerprint density at radius 2 is 1.50 bits per heavy atom. The zero-order chi connectivity index (χ0) is 28.1. The molecule has 0 atom stereocenters. The standard InChI is InChI=1S/C25H25F7N2O4/c26-20-2-4-21(5-3-20)34(22(35)17-6-9-33(10-7-17)23(36)37)8-1-11-38-15-16-12-18(24(27,28)29)14-19(13-16)25(30,31)32/h2-5,12-14,17H,1,6-11,15H2,(H,36,37). The fourth-order valence-electron chi connectivity index (χ4n) is 4.14. The fourth-order valence-corrected chi connectivity index (χ4v) is 4.14. The number of amides is 2. The summed E-state index contributed by atoms with van der Waals surface area (Å²) in [6, 6.07) is 6.37. The van der Waals surface area contributed by atoms with Gasteiger partial charge in [-0.1, -0.05) is 0 Å². The average molecular weight is 550 g/mol. The number of rotatable bonds is 8. The predicted octanol–water partition coefficient (Wildman–Crippen LogP) is 6.19.